The Morgan fingerprint density at radius 2 is 1.85 bits per heavy atom. The van der Waals surface area contributed by atoms with E-state index in [1.807, 2.05) is 0 Å². The van der Waals surface area contributed by atoms with Gasteiger partial charge < -0.3 is 10.6 Å². The third kappa shape index (κ3) is 2.95. The lowest BCUT2D eigenvalue weighted by Crippen LogP contribution is -2.34. The summed E-state index contributed by atoms with van der Waals surface area (Å²) in [6, 6.07) is 0. The first-order valence-electron chi connectivity index (χ1n) is 8.07. The van der Waals surface area contributed by atoms with Crippen LogP contribution in [0.15, 0.2) is 0 Å². The van der Waals surface area contributed by atoms with Crippen molar-refractivity contribution < 1.29 is 0 Å². The Morgan fingerprint density at radius 3 is 2.30 bits per heavy atom. The maximum Gasteiger partial charge on any atom is 0.156 e. The molecule has 1 fully saturated rings. The molecule has 112 valence electrons. The van der Waals surface area contributed by atoms with Gasteiger partial charge in [-0.05, 0) is 44.1 Å². The molecule has 0 unspecified atom stereocenters. The summed E-state index contributed by atoms with van der Waals surface area (Å²) in [5, 5.41) is 8.96. The number of nitrogens with two attached hydrogens (primary N) is 1. The van der Waals surface area contributed by atoms with Crippen LogP contribution in [0.3, 0.4) is 0 Å². The molecule has 1 aromatic rings. The third-order valence-electron chi connectivity index (χ3n) is 4.53. The Kier molecular flexibility index (Phi) is 5.35. The molecule has 1 aliphatic carbocycles. The molecular weight excluding hydrogens is 248 g/mol. The standard InChI is InChI=1S/C16H28N4/c1-4-13-14(10-17)16(19-18-15(13)5-2)20(6-3)11-12-8-7-9-12/h12H,4-11,17H2,1-3H3. The van der Waals surface area contributed by atoms with Gasteiger partial charge in [0.1, 0.15) is 0 Å². The van der Waals surface area contributed by atoms with Gasteiger partial charge in [-0.25, -0.2) is 0 Å². The number of hydrogen-bond donors (Lipinski definition) is 1. The molecule has 0 amide bonds. The average Bonchev–Trinajstić information content (AvgIpc) is 2.44. The summed E-state index contributed by atoms with van der Waals surface area (Å²) >= 11 is 0. The van der Waals surface area contributed by atoms with E-state index in [9.17, 15) is 0 Å². The Balaban J connectivity index is 2.32. The van der Waals surface area contributed by atoms with Crippen LogP contribution in [0.2, 0.25) is 0 Å². The van der Waals surface area contributed by atoms with Gasteiger partial charge in [-0.2, -0.15) is 5.10 Å². The van der Waals surface area contributed by atoms with E-state index in [4.69, 9.17) is 5.73 Å². The van der Waals surface area contributed by atoms with E-state index in [1.54, 1.807) is 0 Å². The predicted molar refractivity (Wildman–Crippen MR) is 83.9 cm³/mol. The van der Waals surface area contributed by atoms with Gasteiger partial charge in [-0.15, -0.1) is 5.10 Å². The highest BCUT2D eigenvalue weighted by Gasteiger charge is 2.23. The summed E-state index contributed by atoms with van der Waals surface area (Å²) in [5.74, 6) is 1.86. The molecule has 0 spiro atoms. The van der Waals surface area contributed by atoms with Gasteiger partial charge in [-0.1, -0.05) is 20.3 Å². The SMILES string of the molecule is CCc1nnc(N(CC)CC2CCC2)c(CN)c1CC. The Morgan fingerprint density at radius 1 is 1.10 bits per heavy atom. The van der Waals surface area contributed by atoms with Gasteiger partial charge in [0.25, 0.3) is 0 Å². The van der Waals surface area contributed by atoms with Crippen LogP contribution in [0, 0.1) is 5.92 Å². The number of rotatable bonds is 7. The molecule has 1 aliphatic rings. The molecule has 2 rings (SSSR count). The van der Waals surface area contributed by atoms with Gasteiger partial charge >= 0.3 is 0 Å². The van der Waals surface area contributed by atoms with Crippen molar-refractivity contribution in [3.05, 3.63) is 16.8 Å². The average molecular weight is 276 g/mol. The molecule has 0 saturated heterocycles. The lowest BCUT2D eigenvalue weighted by atomic mass is 9.85. The van der Waals surface area contributed by atoms with Crippen LogP contribution in [0.5, 0.6) is 0 Å². The topological polar surface area (TPSA) is 55.0 Å². The molecule has 0 aliphatic heterocycles. The van der Waals surface area contributed by atoms with Gasteiger partial charge in [0.2, 0.25) is 0 Å². The highest BCUT2D eigenvalue weighted by atomic mass is 15.3. The minimum atomic E-state index is 0.558. The van der Waals surface area contributed by atoms with Crippen molar-refractivity contribution in [1.29, 1.82) is 0 Å². The lowest BCUT2D eigenvalue weighted by Gasteiger charge is -2.33. The van der Waals surface area contributed by atoms with Crippen molar-refractivity contribution >= 4 is 5.82 Å². The largest absolute Gasteiger partial charge is 0.355 e. The first-order chi connectivity index (χ1) is 9.74. The number of nitrogens with zero attached hydrogens (tertiary/aromatic N) is 3. The van der Waals surface area contributed by atoms with Crippen molar-refractivity contribution in [1.82, 2.24) is 10.2 Å². The van der Waals surface area contributed by atoms with E-state index in [2.05, 4.69) is 35.9 Å². The number of hydrogen-bond acceptors (Lipinski definition) is 4. The summed E-state index contributed by atoms with van der Waals surface area (Å²) in [6.45, 7) is 9.15. The van der Waals surface area contributed by atoms with E-state index < -0.39 is 0 Å². The van der Waals surface area contributed by atoms with Gasteiger partial charge in [0.05, 0.1) is 5.69 Å². The molecule has 0 radical (unpaired) electrons. The van der Waals surface area contributed by atoms with Crippen LogP contribution in [0.25, 0.3) is 0 Å². The second-order valence-electron chi connectivity index (χ2n) is 5.67. The molecule has 4 heteroatoms. The number of aryl methyl sites for hydroxylation is 1. The Hall–Kier alpha value is -1.16. The van der Waals surface area contributed by atoms with E-state index in [0.29, 0.717) is 6.54 Å². The summed E-state index contributed by atoms with van der Waals surface area (Å²) in [4.78, 5) is 2.37. The Bertz CT molecular complexity index is 440. The molecule has 1 aromatic heterocycles. The molecule has 20 heavy (non-hydrogen) atoms. The third-order valence-corrected chi connectivity index (χ3v) is 4.53. The van der Waals surface area contributed by atoms with Crippen molar-refractivity contribution in [2.24, 2.45) is 11.7 Å². The first kappa shape index (κ1) is 15.2. The quantitative estimate of drug-likeness (QED) is 0.832. The van der Waals surface area contributed by atoms with E-state index in [-0.39, 0.29) is 0 Å². The van der Waals surface area contributed by atoms with E-state index in [1.165, 1.54) is 30.4 Å². The zero-order valence-electron chi connectivity index (χ0n) is 13.2. The number of aromatic nitrogens is 2. The lowest BCUT2D eigenvalue weighted by molar-refractivity contribution is 0.317. The van der Waals surface area contributed by atoms with Crippen molar-refractivity contribution in [2.75, 3.05) is 18.0 Å². The van der Waals surface area contributed by atoms with Crippen LogP contribution in [0.1, 0.15) is 56.9 Å². The second kappa shape index (κ2) is 7.02. The Labute approximate surface area is 122 Å². The molecule has 0 atom stereocenters. The highest BCUT2D eigenvalue weighted by Crippen LogP contribution is 2.30. The molecule has 1 heterocycles. The predicted octanol–water partition coefficient (Wildman–Crippen LogP) is 2.69. The monoisotopic (exact) mass is 276 g/mol. The van der Waals surface area contributed by atoms with Crippen molar-refractivity contribution in [3.63, 3.8) is 0 Å². The first-order valence-corrected chi connectivity index (χ1v) is 8.07. The van der Waals surface area contributed by atoms with E-state index >= 15 is 0 Å². The maximum atomic E-state index is 6.03. The van der Waals surface area contributed by atoms with Crippen LogP contribution in [0.4, 0.5) is 5.82 Å². The second-order valence-corrected chi connectivity index (χ2v) is 5.67. The molecular formula is C16H28N4. The smallest absolute Gasteiger partial charge is 0.156 e. The minimum Gasteiger partial charge on any atom is -0.355 e. The van der Waals surface area contributed by atoms with Crippen LogP contribution in [-0.4, -0.2) is 23.3 Å². The molecule has 0 bridgehead atoms. The minimum absolute atomic E-state index is 0.558. The maximum absolute atomic E-state index is 6.03. The van der Waals surface area contributed by atoms with E-state index in [0.717, 1.165) is 43.4 Å². The molecule has 1 saturated carbocycles. The van der Waals surface area contributed by atoms with Crippen LogP contribution in [-0.2, 0) is 19.4 Å². The normalized spacial score (nSPS) is 15.2. The fourth-order valence-electron chi connectivity index (χ4n) is 3.06. The van der Waals surface area contributed by atoms with Crippen LogP contribution >= 0.6 is 0 Å². The van der Waals surface area contributed by atoms with Gasteiger partial charge in [-0.3, -0.25) is 0 Å². The van der Waals surface area contributed by atoms with Crippen molar-refractivity contribution in [2.45, 2.75) is 59.4 Å². The molecule has 0 aromatic carbocycles. The fourth-order valence-corrected chi connectivity index (χ4v) is 3.06. The zero-order chi connectivity index (χ0) is 14.5. The summed E-state index contributed by atoms with van der Waals surface area (Å²) in [6.07, 6.45) is 6.01. The summed E-state index contributed by atoms with van der Waals surface area (Å²) in [7, 11) is 0. The van der Waals surface area contributed by atoms with Gasteiger partial charge in [0, 0.05) is 25.2 Å². The number of anilines is 1. The van der Waals surface area contributed by atoms with Crippen LogP contribution < -0.4 is 10.6 Å². The molecule has 4 nitrogen and oxygen atoms in total. The van der Waals surface area contributed by atoms with Gasteiger partial charge in [0.15, 0.2) is 5.82 Å². The summed E-state index contributed by atoms with van der Waals surface area (Å²) in [5.41, 5.74) is 9.65. The van der Waals surface area contributed by atoms with Crippen molar-refractivity contribution in [3.8, 4) is 0 Å². The fraction of sp³-hybridized carbons (Fsp3) is 0.750. The molecule has 2 N–H and O–H groups in total. The summed E-state index contributed by atoms with van der Waals surface area (Å²) < 4.78 is 0. The highest BCUT2D eigenvalue weighted by molar-refractivity contribution is 5.51. The zero-order valence-corrected chi connectivity index (χ0v) is 13.2.